The van der Waals surface area contributed by atoms with E-state index in [2.05, 4.69) is 53.4 Å². The Labute approximate surface area is 150 Å². The summed E-state index contributed by atoms with van der Waals surface area (Å²) in [6.45, 7) is 7.21. The molecular weight excluding hydrogens is 332 g/mol. The Bertz CT molecular complexity index is 958. The van der Waals surface area contributed by atoms with Gasteiger partial charge in [-0.05, 0) is 5.56 Å². The fourth-order valence-electron chi connectivity index (χ4n) is 2.52. The molecule has 0 atom stereocenters. The summed E-state index contributed by atoms with van der Waals surface area (Å²) in [5.41, 5.74) is 3.22. The predicted octanol–water partition coefficient (Wildman–Crippen LogP) is 4.08. The highest BCUT2D eigenvalue weighted by Gasteiger charge is 2.19. The SMILES string of the molecule is CC(C)(C)c1cn2nc(Nc3cnn(Cc4ccccc4)c3)sc2n1. The smallest absolute Gasteiger partial charge is 0.214 e. The number of benzene rings is 1. The molecule has 1 aromatic carbocycles. The zero-order chi connectivity index (χ0) is 17.4. The molecule has 0 aliphatic rings. The third-order valence-corrected chi connectivity index (χ3v) is 4.72. The lowest BCUT2D eigenvalue weighted by Crippen LogP contribution is -2.11. The Kier molecular flexibility index (Phi) is 3.80. The summed E-state index contributed by atoms with van der Waals surface area (Å²) in [5, 5.41) is 13.1. The van der Waals surface area contributed by atoms with Crippen molar-refractivity contribution in [2.75, 3.05) is 5.32 Å². The number of hydrogen-bond donors (Lipinski definition) is 1. The highest BCUT2D eigenvalue weighted by atomic mass is 32.1. The summed E-state index contributed by atoms with van der Waals surface area (Å²) in [4.78, 5) is 5.56. The minimum Gasteiger partial charge on any atom is -0.327 e. The molecule has 0 radical (unpaired) electrons. The summed E-state index contributed by atoms with van der Waals surface area (Å²) < 4.78 is 3.75. The molecule has 3 heterocycles. The van der Waals surface area contributed by atoms with Crippen molar-refractivity contribution < 1.29 is 0 Å². The van der Waals surface area contributed by atoms with Gasteiger partial charge in [-0.15, -0.1) is 5.10 Å². The molecule has 0 fully saturated rings. The summed E-state index contributed by atoms with van der Waals surface area (Å²) in [6, 6.07) is 10.3. The molecule has 0 amide bonds. The van der Waals surface area contributed by atoms with E-state index in [9.17, 15) is 0 Å². The lowest BCUT2D eigenvalue weighted by Gasteiger charge is -2.13. The van der Waals surface area contributed by atoms with Crippen molar-refractivity contribution in [2.45, 2.75) is 32.7 Å². The number of aromatic nitrogens is 5. The topological polar surface area (TPSA) is 60.0 Å². The van der Waals surface area contributed by atoms with Crippen molar-refractivity contribution >= 4 is 27.1 Å². The van der Waals surface area contributed by atoms with Crippen molar-refractivity contribution in [3.05, 3.63) is 60.2 Å². The Morgan fingerprint density at radius 2 is 1.92 bits per heavy atom. The average molecular weight is 352 g/mol. The van der Waals surface area contributed by atoms with E-state index in [-0.39, 0.29) is 5.41 Å². The van der Waals surface area contributed by atoms with Crippen molar-refractivity contribution in [3.63, 3.8) is 0 Å². The second-order valence-corrected chi connectivity index (χ2v) is 8.00. The van der Waals surface area contributed by atoms with E-state index < -0.39 is 0 Å². The third kappa shape index (κ3) is 3.41. The molecule has 0 aliphatic heterocycles. The predicted molar refractivity (Wildman–Crippen MR) is 101 cm³/mol. The monoisotopic (exact) mass is 352 g/mol. The van der Waals surface area contributed by atoms with Gasteiger partial charge in [0, 0.05) is 11.6 Å². The van der Waals surface area contributed by atoms with Gasteiger partial charge >= 0.3 is 0 Å². The van der Waals surface area contributed by atoms with Crippen LogP contribution in [0.3, 0.4) is 0 Å². The van der Waals surface area contributed by atoms with Crippen LogP contribution in [0.1, 0.15) is 32.0 Å². The zero-order valence-electron chi connectivity index (χ0n) is 14.5. The average Bonchev–Trinajstić information content (AvgIpc) is 3.23. The minimum atomic E-state index is 0.0274. The molecule has 1 N–H and O–H groups in total. The fraction of sp³-hybridized carbons (Fsp3) is 0.278. The van der Waals surface area contributed by atoms with Gasteiger partial charge < -0.3 is 5.32 Å². The number of nitrogens with zero attached hydrogens (tertiary/aromatic N) is 5. The lowest BCUT2D eigenvalue weighted by molar-refractivity contribution is 0.572. The van der Waals surface area contributed by atoms with Gasteiger partial charge in [-0.3, -0.25) is 4.68 Å². The van der Waals surface area contributed by atoms with Gasteiger partial charge in [-0.2, -0.15) is 5.10 Å². The standard InChI is InChI=1S/C18H20N6S/c1-18(2,3)15-12-24-17(21-15)25-16(22-24)20-14-9-19-23(11-14)10-13-7-5-4-6-8-13/h4-9,11-12H,10H2,1-3H3,(H,20,22). The van der Waals surface area contributed by atoms with Crippen LogP contribution >= 0.6 is 11.3 Å². The van der Waals surface area contributed by atoms with Gasteiger partial charge in [0.2, 0.25) is 10.1 Å². The van der Waals surface area contributed by atoms with Crippen LogP contribution < -0.4 is 5.32 Å². The molecule has 0 saturated heterocycles. The van der Waals surface area contributed by atoms with Gasteiger partial charge in [0.1, 0.15) is 0 Å². The van der Waals surface area contributed by atoms with Gasteiger partial charge in [-0.25, -0.2) is 9.50 Å². The Balaban J connectivity index is 1.49. The Morgan fingerprint density at radius 1 is 1.12 bits per heavy atom. The maximum absolute atomic E-state index is 4.67. The number of nitrogens with one attached hydrogen (secondary N) is 1. The van der Waals surface area contributed by atoms with Gasteiger partial charge in [0.15, 0.2) is 0 Å². The summed E-state index contributed by atoms with van der Waals surface area (Å²) in [6.07, 6.45) is 5.79. The van der Waals surface area contributed by atoms with Crippen LogP contribution in [0, 0.1) is 0 Å². The molecule has 6 nitrogen and oxygen atoms in total. The first kappa shape index (κ1) is 15.8. The molecule has 4 aromatic rings. The number of fused-ring (bicyclic) bond motifs is 1. The second kappa shape index (κ2) is 6.00. The van der Waals surface area contributed by atoms with Gasteiger partial charge in [-0.1, -0.05) is 62.4 Å². The van der Waals surface area contributed by atoms with E-state index in [1.807, 2.05) is 46.0 Å². The van der Waals surface area contributed by atoms with Crippen molar-refractivity contribution in [2.24, 2.45) is 0 Å². The highest BCUT2D eigenvalue weighted by Crippen LogP contribution is 2.27. The molecule has 25 heavy (non-hydrogen) atoms. The number of rotatable bonds is 4. The molecule has 128 valence electrons. The molecule has 0 spiro atoms. The zero-order valence-corrected chi connectivity index (χ0v) is 15.3. The van der Waals surface area contributed by atoms with E-state index in [0.717, 1.165) is 28.0 Å². The first-order valence-corrected chi connectivity index (χ1v) is 8.99. The first-order valence-electron chi connectivity index (χ1n) is 8.17. The molecule has 0 bridgehead atoms. The van der Waals surface area contributed by atoms with Gasteiger partial charge in [0.05, 0.1) is 30.3 Å². The third-order valence-electron chi connectivity index (χ3n) is 3.88. The van der Waals surface area contributed by atoms with Crippen molar-refractivity contribution in [1.82, 2.24) is 24.4 Å². The van der Waals surface area contributed by atoms with Crippen LogP contribution in [0.5, 0.6) is 0 Å². The molecule has 0 aliphatic carbocycles. The van der Waals surface area contributed by atoms with E-state index in [1.54, 1.807) is 0 Å². The maximum atomic E-state index is 4.67. The van der Waals surface area contributed by atoms with Crippen LogP contribution in [0.4, 0.5) is 10.8 Å². The Hall–Kier alpha value is -2.67. The fourth-order valence-corrected chi connectivity index (χ4v) is 3.32. The quantitative estimate of drug-likeness (QED) is 0.601. The number of anilines is 2. The van der Waals surface area contributed by atoms with E-state index >= 15 is 0 Å². The van der Waals surface area contributed by atoms with E-state index in [0.29, 0.717) is 0 Å². The largest absolute Gasteiger partial charge is 0.327 e. The van der Waals surface area contributed by atoms with Crippen LogP contribution in [-0.4, -0.2) is 24.4 Å². The molecule has 3 aromatic heterocycles. The molecule has 7 heteroatoms. The van der Waals surface area contributed by atoms with E-state index in [4.69, 9.17) is 0 Å². The van der Waals surface area contributed by atoms with Crippen LogP contribution in [0.15, 0.2) is 48.9 Å². The molecule has 0 unspecified atom stereocenters. The molecule has 0 saturated carbocycles. The summed E-state index contributed by atoms with van der Waals surface area (Å²) in [5.74, 6) is 0. The maximum Gasteiger partial charge on any atom is 0.214 e. The number of hydrogen-bond acceptors (Lipinski definition) is 5. The normalized spacial score (nSPS) is 12.0. The summed E-state index contributed by atoms with van der Waals surface area (Å²) >= 11 is 1.53. The van der Waals surface area contributed by atoms with Crippen LogP contribution in [0.2, 0.25) is 0 Å². The van der Waals surface area contributed by atoms with Crippen LogP contribution in [-0.2, 0) is 12.0 Å². The van der Waals surface area contributed by atoms with E-state index in [1.165, 1.54) is 16.9 Å². The highest BCUT2D eigenvalue weighted by molar-refractivity contribution is 7.20. The lowest BCUT2D eigenvalue weighted by atomic mass is 9.93. The number of imidazole rings is 1. The minimum absolute atomic E-state index is 0.0274. The van der Waals surface area contributed by atoms with Gasteiger partial charge in [0.25, 0.3) is 0 Å². The first-order chi connectivity index (χ1) is 12.0. The molecular formula is C18H20N6S. The van der Waals surface area contributed by atoms with Crippen molar-refractivity contribution in [3.8, 4) is 0 Å². The Morgan fingerprint density at radius 3 is 2.64 bits per heavy atom. The molecule has 4 rings (SSSR count). The second-order valence-electron chi connectivity index (χ2n) is 7.05. The van der Waals surface area contributed by atoms with Crippen molar-refractivity contribution in [1.29, 1.82) is 0 Å². The summed E-state index contributed by atoms with van der Waals surface area (Å²) in [7, 11) is 0. The van der Waals surface area contributed by atoms with Crippen LogP contribution in [0.25, 0.3) is 4.96 Å².